The van der Waals surface area contributed by atoms with Crippen molar-refractivity contribution in [3.05, 3.63) is 35.5 Å². The largest absolute Gasteiger partial charge is 0.324 e. The number of piperidine rings is 1. The number of hydrogen-bond donors (Lipinski definition) is 1. The average Bonchev–Trinajstić information content (AvgIpc) is 2.63. The lowest BCUT2D eigenvalue weighted by atomic mass is 10.0. The van der Waals surface area contributed by atoms with Crippen LogP contribution in [0.5, 0.6) is 0 Å². The topological polar surface area (TPSA) is 45.2 Å². The zero-order valence-corrected chi connectivity index (χ0v) is 15.5. The number of hydrogen-bond acceptors (Lipinski definition) is 3. The van der Waals surface area contributed by atoms with Crippen molar-refractivity contribution in [2.75, 3.05) is 25.0 Å². The van der Waals surface area contributed by atoms with E-state index < -0.39 is 0 Å². The lowest BCUT2D eigenvalue weighted by Gasteiger charge is -2.26. The molecular weight excluding hydrogens is 310 g/mol. The first-order valence-electron chi connectivity index (χ1n) is 9.65. The third kappa shape index (κ3) is 4.18. The Balaban J connectivity index is 1.91. The van der Waals surface area contributed by atoms with Crippen LogP contribution in [-0.2, 0) is 17.6 Å². The second-order valence-electron chi connectivity index (χ2n) is 6.92. The molecule has 1 fully saturated rings. The van der Waals surface area contributed by atoms with E-state index in [2.05, 4.69) is 30.1 Å². The highest BCUT2D eigenvalue weighted by Gasteiger charge is 2.18. The molecule has 0 bridgehead atoms. The van der Waals surface area contributed by atoms with Crippen molar-refractivity contribution in [3.8, 4) is 0 Å². The van der Waals surface area contributed by atoms with Crippen LogP contribution in [0.15, 0.2) is 24.3 Å². The van der Waals surface area contributed by atoms with Gasteiger partial charge in [0.2, 0.25) is 5.91 Å². The van der Waals surface area contributed by atoms with Gasteiger partial charge < -0.3 is 5.32 Å². The molecule has 1 aromatic carbocycles. The molecule has 4 heteroatoms. The molecule has 2 aromatic rings. The van der Waals surface area contributed by atoms with E-state index in [1.165, 1.54) is 24.8 Å². The average molecular weight is 339 g/mol. The van der Waals surface area contributed by atoms with E-state index in [0.29, 0.717) is 6.54 Å². The van der Waals surface area contributed by atoms with Crippen LogP contribution in [0.25, 0.3) is 10.9 Å². The van der Waals surface area contributed by atoms with Gasteiger partial charge in [-0.3, -0.25) is 14.7 Å². The molecule has 2 heterocycles. The fourth-order valence-electron chi connectivity index (χ4n) is 3.77. The van der Waals surface area contributed by atoms with E-state index >= 15 is 0 Å². The molecule has 0 aliphatic carbocycles. The smallest absolute Gasteiger partial charge is 0.238 e. The Labute approximate surface area is 150 Å². The summed E-state index contributed by atoms with van der Waals surface area (Å²) in [6, 6.07) is 8.13. The number of nitrogens with zero attached hydrogens (tertiary/aromatic N) is 2. The zero-order chi connectivity index (χ0) is 17.6. The summed E-state index contributed by atoms with van der Waals surface area (Å²) in [7, 11) is 0. The molecule has 0 saturated carbocycles. The fraction of sp³-hybridized carbons (Fsp3) is 0.524. The SMILES string of the molecule is CCCc1nc2ccccc2c(NC(=O)CN2CCCCC2)c1CC. The summed E-state index contributed by atoms with van der Waals surface area (Å²) in [5.74, 6) is 0.0930. The Morgan fingerprint density at radius 1 is 1.16 bits per heavy atom. The Morgan fingerprint density at radius 2 is 1.92 bits per heavy atom. The minimum atomic E-state index is 0.0930. The lowest BCUT2D eigenvalue weighted by molar-refractivity contribution is -0.117. The maximum Gasteiger partial charge on any atom is 0.238 e. The van der Waals surface area contributed by atoms with Gasteiger partial charge in [0.05, 0.1) is 17.7 Å². The Hall–Kier alpha value is -1.94. The molecule has 4 nitrogen and oxygen atoms in total. The molecule has 1 amide bonds. The Kier molecular flexibility index (Phi) is 6.03. The summed E-state index contributed by atoms with van der Waals surface area (Å²) in [6.07, 6.45) is 6.57. The second kappa shape index (κ2) is 8.43. The van der Waals surface area contributed by atoms with Crippen LogP contribution < -0.4 is 5.32 Å². The normalized spacial score (nSPS) is 15.4. The summed E-state index contributed by atoms with van der Waals surface area (Å²) in [6.45, 7) is 6.87. The van der Waals surface area contributed by atoms with Crippen LogP contribution in [0.3, 0.4) is 0 Å². The van der Waals surface area contributed by atoms with Gasteiger partial charge in [-0.25, -0.2) is 0 Å². The van der Waals surface area contributed by atoms with Crippen molar-refractivity contribution in [1.82, 2.24) is 9.88 Å². The van der Waals surface area contributed by atoms with Crippen LogP contribution in [-0.4, -0.2) is 35.4 Å². The van der Waals surface area contributed by atoms with E-state index in [4.69, 9.17) is 4.98 Å². The van der Waals surface area contributed by atoms with Gasteiger partial charge in [-0.1, -0.05) is 44.9 Å². The number of rotatable bonds is 6. The van der Waals surface area contributed by atoms with Gasteiger partial charge in [0.15, 0.2) is 0 Å². The number of benzene rings is 1. The molecule has 0 unspecified atom stereocenters. The molecule has 1 aliphatic rings. The van der Waals surface area contributed by atoms with Gasteiger partial charge in [-0.05, 0) is 50.4 Å². The van der Waals surface area contributed by atoms with Crippen LogP contribution in [0.2, 0.25) is 0 Å². The molecule has 1 aromatic heterocycles. The molecule has 1 aliphatic heterocycles. The number of carbonyl (C=O) groups is 1. The second-order valence-corrected chi connectivity index (χ2v) is 6.92. The summed E-state index contributed by atoms with van der Waals surface area (Å²) < 4.78 is 0. The molecule has 134 valence electrons. The van der Waals surface area contributed by atoms with Crippen molar-refractivity contribution in [2.45, 2.75) is 52.4 Å². The van der Waals surface area contributed by atoms with Crippen molar-refractivity contribution in [1.29, 1.82) is 0 Å². The van der Waals surface area contributed by atoms with Crippen LogP contribution in [0, 0.1) is 0 Å². The van der Waals surface area contributed by atoms with Gasteiger partial charge in [-0.2, -0.15) is 0 Å². The maximum atomic E-state index is 12.7. The predicted molar refractivity (Wildman–Crippen MR) is 104 cm³/mol. The van der Waals surface area contributed by atoms with Gasteiger partial charge >= 0.3 is 0 Å². The van der Waals surface area contributed by atoms with Crippen molar-refractivity contribution < 1.29 is 4.79 Å². The first-order valence-corrected chi connectivity index (χ1v) is 9.65. The third-order valence-electron chi connectivity index (χ3n) is 5.00. The van der Waals surface area contributed by atoms with E-state index in [1.54, 1.807) is 0 Å². The van der Waals surface area contributed by atoms with Gasteiger partial charge in [-0.15, -0.1) is 0 Å². The standard InChI is InChI=1S/C21H29N3O/c1-3-10-18-16(4-2)21(17-11-6-7-12-19(17)22-18)23-20(25)15-24-13-8-5-9-14-24/h6-7,11-12H,3-5,8-10,13-15H2,1-2H3,(H,22,23,25). The summed E-state index contributed by atoms with van der Waals surface area (Å²) >= 11 is 0. The monoisotopic (exact) mass is 339 g/mol. The molecule has 0 spiro atoms. The summed E-state index contributed by atoms with van der Waals surface area (Å²) in [5.41, 5.74) is 4.25. The number of anilines is 1. The maximum absolute atomic E-state index is 12.7. The predicted octanol–water partition coefficient (Wildman–Crippen LogP) is 4.17. The number of fused-ring (bicyclic) bond motifs is 1. The van der Waals surface area contributed by atoms with Crippen LogP contribution >= 0.6 is 0 Å². The molecule has 0 radical (unpaired) electrons. The van der Waals surface area contributed by atoms with E-state index in [-0.39, 0.29) is 5.91 Å². The highest BCUT2D eigenvalue weighted by molar-refractivity contribution is 6.03. The Morgan fingerprint density at radius 3 is 2.64 bits per heavy atom. The number of aryl methyl sites for hydroxylation is 1. The van der Waals surface area contributed by atoms with Crippen LogP contribution in [0.4, 0.5) is 5.69 Å². The number of aromatic nitrogens is 1. The number of pyridine rings is 1. The highest BCUT2D eigenvalue weighted by Crippen LogP contribution is 2.30. The number of amides is 1. The minimum absolute atomic E-state index is 0.0930. The summed E-state index contributed by atoms with van der Waals surface area (Å²) in [4.78, 5) is 19.8. The van der Waals surface area contributed by atoms with E-state index in [1.807, 2.05) is 18.2 Å². The first kappa shape index (κ1) is 17.9. The first-order chi connectivity index (χ1) is 12.2. The Bertz CT molecular complexity index is 735. The molecule has 25 heavy (non-hydrogen) atoms. The molecular formula is C21H29N3O. The minimum Gasteiger partial charge on any atom is -0.324 e. The summed E-state index contributed by atoms with van der Waals surface area (Å²) in [5, 5.41) is 4.28. The quantitative estimate of drug-likeness (QED) is 0.859. The number of carbonyl (C=O) groups excluding carboxylic acids is 1. The van der Waals surface area contributed by atoms with E-state index in [0.717, 1.165) is 54.6 Å². The van der Waals surface area contributed by atoms with Gasteiger partial charge in [0.1, 0.15) is 0 Å². The fourth-order valence-corrected chi connectivity index (χ4v) is 3.77. The molecule has 1 N–H and O–H groups in total. The molecule has 3 rings (SSSR count). The molecule has 0 atom stereocenters. The number of likely N-dealkylation sites (tertiary alicyclic amines) is 1. The van der Waals surface area contributed by atoms with Crippen molar-refractivity contribution in [3.63, 3.8) is 0 Å². The van der Waals surface area contributed by atoms with E-state index in [9.17, 15) is 4.79 Å². The number of para-hydroxylation sites is 1. The molecule has 1 saturated heterocycles. The van der Waals surface area contributed by atoms with Gasteiger partial charge in [0.25, 0.3) is 0 Å². The number of nitrogens with one attached hydrogen (secondary N) is 1. The zero-order valence-electron chi connectivity index (χ0n) is 15.5. The van der Waals surface area contributed by atoms with Crippen molar-refractivity contribution in [2.24, 2.45) is 0 Å². The van der Waals surface area contributed by atoms with Gasteiger partial charge in [0, 0.05) is 11.1 Å². The third-order valence-corrected chi connectivity index (χ3v) is 5.00. The lowest BCUT2D eigenvalue weighted by Crippen LogP contribution is -2.37. The highest BCUT2D eigenvalue weighted by atomic mass is 16.2. The van der Waals surface area contributed by atoms with Crippen LogP contribution in [0.1, 0.15) is 50.8 Å². The van der Waals surface area contributed by atoms with Crippen molar-refractivity contribution >= 4 is 22.5 Å².